The number of hydrogen-bond donors (Lipinski definition) is 4. The van der Waals surface area contributed by atoms with Crippen LogP contribution < -0.4 is 10.6 Å². The summed E-state index contributed by atoms with van der Waals surface area (Å²) in [4.78, 5) is 4.46. The van der Waals surface area contributed by atoms with Crippen molar-refractivity contribution < 1.29 is 14.9 Å². The summed E-state index contributed by atoms with van der Waals surface area (Å²) >= 11 is 0. The van der Waals surface area contributed by atoms with E-state index >= 15 is 0 Å². The van der Waals surface area contributed by atoms with Gasteiger partial charge in [-0.15, -0.1) is 0 Å². The summed E-state index contributed by atoms with van der Waals surface area (Å²) in [5, 5.41) is 27.1. The van der Waals surface area contributed by atoms with Crippen LogP contribution in [-0.2, 0) is 4.74 Å². The maximum Gasteiger partial charge on any atom is 0.0900 e. The van der Waals surface area contributed by atoms with Gasteiger partial charge in [0.1, 0.15) is 0 Å². The number of nitrogens with zero attached hydrogens (tertiary/aromatic N) is 2. The molecule has 148 valence electrons. The van der Waals surface area contributed by atoms with Crippen LogP contribution >= 0.6 is 0 Å². The van der Waals surface area contributed by atoms with Crippen molar-refractivity contribution in [1.29, 1.82) is 0 Å². The minimum atomic E-state index is -0.505. The van der Waals surface area contributed by atoms with Crippen LogP contribution in [0.1, 0.15) is 25.7 Å². The predicted octanol–water partition coefficient (Wildman–Crippen LogP) is -0.908. The predicted molar refractivity (Wildman–Crippen MR) is 99.9 cm³/mol. The normalized spacial score (nSPS) is 23.3. The second kappa shape index (κ2) is 11.4. The van der Waals surface area contributed by atoms with Gasteiger partial charge in [0.05, 0.1) is 25.4 Å². The monoisotopic (exact) mass is 358 g/mol. The number of aliphatic hydroxyl groups excluding tert-OH is 2. The van der Waals surface area contributed by atoms with E-state index in [1.54, 1.807) is 0 Å². The zero-order valence-electron chi connectivity index (χ0n) is 16.0. The molecular formula is C18H38N4O3. The first-order valence-electron chi connectivity index (χ1n) is 9.82. The minimum absolute atomic E-state index is 0.281. The van der Waals surface area contributed by atoms with E-state index in [1.165, 1.54) is 0 Å². The molecule has 7 nitrogen and oxygen atoms in total. The molecule has 0 saturated carbocycles. The minimum Gasteiger partial charge on any atom is -0.389 e. The molecule has 2 aliphatic heterocycles. The second-order valence-corrected chi connectivity index (χ2v) is 7.69. The molecule has 2 rings (SSSR count). The number of piperidine rings is 2. The summed E-state index contributed by atoms with van der Waals surface area (Å²) < 4.78 is 5.56. The lowest BCUT2D eigenvalue weighted by Crippen LogP contribution is -2.45. The number of ether oxygens (including phenoxy) is 1. The lowest BCUT2D eigenvalue weighted by atomic mass is 10.1. The van der Waals surface area contributed by atoms with E-state index in [0.717, 1.165) is 51.9 Å². The first-order chi connectivity index (χ1) is 12.1. The molecule has 2 atom stereocenters. The molecule has 4 N–H and O–H groups in total. The molecule has 0 aromatic heterocycles. The van der Waals surface area contributed by atoms with Gasteiger partial charge < -0.3 is 35.4 Å². The Bertz CT molecular complexity index is 317. The third-order valence-electron chi connectivity index (χ3n) is 5.48. The molecule has 0 spiro atoms. The summed E-state index contributed by atoms with van der Waals surface area (Å²) in [6, 6.07) is 1.08. The van der Waals surface area contributed by atoms with Crippen molar-refractivity contribution in [2.24, 2.45) is 0 Å². The molecule has 0 aliphatic carbocycles. The summed E-state index contributed by atoms with van der Waals surface area (Å²) in [5.74, 6) is 0. The molecule has 25 heavy (non-hydrogen) atoms. The van der Waals surface area contributed by atoms with Crippen LogP contribution in [0.5, 0.6) is 0 Å². The first kappa shape index (κ1) is 21.0. The highest BCUT2D eigenvalue weighted by atomic mass is 16.5. The zero-order valence-corrected chi connectivity index (χ0v) is 16.0. The summed E-state index contributed by atoms with van der Waals surface area (Å²) in [7, 11) is 4.14. The Labute approximate surface area is 152 Å². The number of aliphatic hydroxyl groups is 2. The van der Waals surface area contributed by atoms with Gasteiger partial charge in [0.15, 0.2) is 0 Å². The molecule has 0 radical (unpaired) electrons. The Morgan fingerprint density at radius 3 is 1.52 bits per heavy atom. The van der Waals surface area contributed by atoms with Crippen LogP contribution in [-0.4, -0.2) is 111 Å². The average molecular weight is 359 g/mol. The van der Waals surface area contributed by atoms with Crippen molar-refractivity contribution in [1.82, 2.24) is 20.4 Å². The third-order valence-corrected chi connectivity index (χ3v) is 5.48. The molecule has 0 bridgehead atoms. The van der Waals surface area contributed by atoms with Crippen LogP contribution in [0.15, 0.2) is 0 Å². The van der Waals surface area contributed by atoms with Gasteiger partial charge in [-0.05, 0) is 66.0 Å². The molecule has 7 heteroatoms. The van der Waals surface area contributed by atoms with Crippen LogP contribution in [0.4, 0.5) is 0 Å². The molecule has 2 aliphatic rings. The van der Waals surface area contributed by atoms with Crippen molar-refractivity contribution >= 4 is 0 Å². The van der Waals surface area contributed by atoms with E-state index in [4.69, 9.17) is 4.74 Å². The first-order valence-corrected chi connectivity index (χ1v) is 9.82. The Balaban J connectivity index is 1.55. The Hall–Kier alpha value is -0.280. The average Bonchev–Trinajstić information content (AvgIpc) is 2.63. The van der Waals surface area contributed by atoms with Gasteiger partial charge in [-0.1, -0.05) is 0 Å². The van der Waals surface area contributed by atoms with Gasteiger partial charge in [0.2, 0.25) is 0 Å². The van der Waals surface area contributed by atoms with E-state index in [-0.39, 0.29) is 13.2 Å². The van der Waals surface area contributed by atoms with Crippen LogP contribution in [0, 0.1) is 0 Å². The maximum atomic E-state index is 10.2. The SMILES string of the molecule is CN(C[C@@H](O)COC[C@H](O)CN(C)C1CCNCC1)C1CCNCC1. The lowest BCUT2D eigenvalue weighted by molar-refractivity contribution is -0.0294. The van der Waals surface area contributed by atoms with Crippen LogP contribution in [0.2, 0.25) is 0 Å². The number of likely N-dealkylation sites (N-methyl/N-ethyl adjacent to an activating group) is 2. The number of rotatable bonds is 10. The standard InChI is InChI=1S/C18H38N4O3/c1-21(15-3-7-19-8-4-15)11-17(23)13-25-14-18(24)12-22(2)16-5-9-20-10-6-16/h15-20,23-24H,3-14H2,1-2H3/t17-,18-/m1/s1. The molecule has 0 aromatic carbocycles. The Kier molecular flexibility index (Phi) is 9.62. The molecule has 0 aromatic rings. The van der Waals surface area contributed by atoms with Crippen molar-refractivity contribution in [2.45, 2.75) is 50.0 Å². The second-order valence-electron chi connectivity index (χ2n) is 7.69. The van der Waals surface area contributed by atoms with Gasteiger partial charge in [-0.2, -0.15) is 0 Å². The van der Waals surface area contributed by atoms with Crippen LogP contribution in [0.25, 0.3) is 0 Å². The summed E-state index contributed by atoms with van der Waals surface area (Å²) in [5.41, 5.74) is 0. The molecule has 2 saturated heterocycles. The zero-order chi connectivity index (χ0) is 18.1. The van der Waals surface area contributed by atoms with Gasteiger partial charge >= 0.3 is 0 Å². The van der Waals surface area contributed by atoms with Gasteiger partial charge in [-0.3, -0.25) is 0 Å². The van der Waals surface area contributed by atoms with Crippen LogP contribution in [0.3, 0.4) is 0 Å². The van der Waals surface area contributed by atoms with E-state index in [0.29, 0.717) is 25.2 Å². The fourth-order valence-electron chi connectivity index (χ4n) is 3.90. The molecule has 2 heterocycles. The molecule has 0 amide bonds. The fraction of sp³-hybridized carbons (Fsp3) is 1.00. The van der Waals surface area contributed by atoms with Crippen molar-refractivity contribution in [3.63, 3.8) is 0 Å². The van der Waals surface area contributed by atoms with Crippen molar-refractivity contribution in [2.75, 3.05) is 66.6 Å². The van der Waals surface area contributed by atoms with Crippen molar-refractivity contribution in [3.8, 4) is 0 Å². The molecule has 2 fully saturated rings. The van der Waals surface area contributed by atoms with Gasteiger partial charge in [0, 0.05) is 25.2 Å². The quantitative estimate of drug-likeness (QED) is 0.403. The van der Waals surface area contributed by atoms with Gasteiger partial charge in [0.25, 0.3) is 0 Å². The van der Waals surface area contributed by atoms with Crippen molar-refractivity contribution in [3.05, 3.63) is 0 Å². The van der Waals surface area contributed by atoms with E-state index in [9.17, 15) is 10.2 Å². The number of nitrogens with one attached hydrogen (secondary N) is 2. The largest absolute Gasteiger partial charge is 0.389 e. The smallest absolute Gasteiger partial charge is 0.0900 e. The topological polar surface area (TPSA) is 80.2 Å². The molecule has 0 unspecified atom stereocenters. The third kappa shape index (κ3) is 7.86. The highest BCUT2D eigenvalue weighted by molar-refractivity contribution is 4.78. The summed E-state index contributed by atoms with van der Waals surface area (Å²) in [6.07, 6.45) is 3.51. The fourth-order valence-corrected chi connectivity index (χ4v) is 3.90. The van der Waals surface area contributed by atoms with Gasteiger partial charge in [-0.25, -0.2) is 0 Å². The Morgan fingerprint density at radius 2 is 1.16 bits per heavy atom. The highest BCUT2D eigenvalue weighted by Crippen LogP contribution is 2.11. The lowest BCUT2D eigenvalue weighted by Gasteiger charge is -2.33. The molecular weight excluding hydrogens is 320 g/mol. The number of hydrogen-bond acceptors (Lipinski definition) is 7. The van der Waals surface area contributed by atoms with E-state index in [1.807, 2.05) is 0 Å². The highest BCUT2D eigenvalue weighted by Gasteiger charge is 2.21. The van der Waals surface area contributed by atoms with E-state index in [2.05, 4.69) is 34.5 Å². The van der Waals surface area contributed by atoms with E-state index < -0.39 is 12.2 Å². The summed E-state index contributed by atoms with van der Waals surface area (Å²) in [6.45, 7) is 6.02. The Morgan fingerprint density at radius 1 is 0.800 bits per heavy atom. The maximum absolute atomic E-state index is 10.2.